The zero-order chi connectivity index (χ0) is 17.8. The predicted octanol–water partition coefficient (Wildman–Crippen LogP) is 3.58. The fourth-order valence-corrected chi connectivity index (χ4v) is 2.92. The Labute approximate surface area is 150 Å². The number of nitrogens with one attached hydrogen (secondary N) is 1. The number of nitriles is 1. The van der Waals surface area contributed by atoms with E-state index in [-0.39, 0.29) is 0 Å². The van der Waals surface area contributed by atoms with Crippen molar-refractivity contribution in [2.24, 2.45) is 0 Å². The van der Waals surface area contributed by atoms with Crippen molar-refractivity contribution in [2.75, 3.05) is 0 Å². The second-order valence-electron chi connectivity index (χ2n) is 5.94. The van der Waals surface area contributed by atoms with Gasteiger partial charge in [-0.1, -0.05) is 30.3 Å². The highest BCUT2D eigenvalue weighted by molar-refractivity contribution is 5.93. The van der Waals surface area contributed by atoms with Crippen LogP contribution in [0.3, 0.4) is 0 Å². The lowest BCUT2D eigenvalue weighted by Crippen LogP contribution is -2.02. The Hall–Kier alpha value is -3.53. The number of unbranched alkanes of at least 4 members (excludes halogenated alkanes) is 2. The summed E-state index contributed by atoms with van der Waals surface area (Å²) in [5.74, 6) is 0. The zero-order valence-electron chi connectivity index (χ0n) is 14.1. The molecule has 0 saturated carbocycles. The average Bonchev–Trinajstić information content (AvgIpc) is 3.33. The molecule has 26 heavy (non-hydrogen) atoms. The smallest absolute Gasteiger partial charge is 0.141 e. The Morgan fingerprint density at radius 2 is 1.81 bits per heavy atom. The summed E-state index contributed by atoms with van der Waals surface area (Å²) >= 11 is 0. The minimum atomic E-state index is 0.551. The molecule has 128 valence electrons. The molecule has 0 aliphatic rings. The summed E-state index contributed by atoms with van der Waals surface area (Å²) in [5, 5.41) is 19.0. The fraction of sp³-hybridized carbons (Fsp3) is 0.211. The SMILES string of the molecule is N#CCCCCn1nc(-c2ccccc2)c(-c2ncnc3[nH]ccc23)n1. The number of aromatic amines is 1. The number of hydrogen-bond donors (Lipinski definition) is 1. The number of nitrogens with zero attached hydrogens (tertiary/aromatic N) is 6. The van der Waals surface area contributed by atoms with Gasteiger partial charge in [0.25, 0.3) is 0 Å². The minimum Gasteiger partial charge on any atom is -0.346 e. The van der Waals surface area contributed by atoms with Gasteiger partial charge in [-0.25, -0.2) is 9.97 Å². The van der Waals surface area contributed by atoms with Crippen molar-refractivity contribution in [1.29, 1.82) is 5.26 Å². The number of rotatable bonds is 6. The number of H-pyrrole nitrogens is 1. The highest BCUT2D eigenvalue weighted by Gasteiger charge is 2.19. The molecule has 4 rings (SSSR count). The van der Waals surface area contributed by atoms with Crippen LogP contribution in [-0.2, 0) is 6.54 Å². The maximum absolute atomic E-state index is 8.68. The largest absolute Gasteiger partial charge is 0.346 e. The van der Waals surface area contributed by atoms with E-state index in [9.17, 15) is 0 Å². The van der Waals surface area contributed by atoms with Gasteiger partial charge >= 0.3 is 0 Å². The summed E-state index contributed by atoms with van der Waals surface area (Å²) in [5.41, 5.74) is 4.07. The molecule has 4 aromatic rings. The van der Waals surface area contributed by atoms with Gasteiger partial charge < -0.3 is 4.98 Å². The third-order valence-electron chi connectivity index (χ3n) is 4.18. The summed E-state index contributed by atoms with van der Waals surface area (Å²) in [6.45, 7) is 0.670. The maximum atomic E-state index is 8.68. The van der Waals surface area contributed by atoms with Crippen LogP contribution in [-0.4, -0.2) is 29.9 Å². The maximum Gasteiger partial charge on any atom is 0.141 e. The monoisotopic (exact) mass is 343 g/mol. The van der Waals surface area contributed by atoms with Gasteiger partial charge in [-0.05, 0) is 18.9 Å². The summed E-state index contributed by atoms with van der Waals surface area (Å²) in [4.78, 5) is 13.5. The molecule has 0 spiro atoms. The standard InChI is InChI=1S/C19H17N7/c20-10-5-2-6-12-26-24-16(14-7-3-1-4-8-14)18(25-26)17-15-9-11-21-19(15)23-13-22-17/h1,3-4,7-9,11,13H,2,5-6,12H2,(H,21,22,23). The average molecular weight is 343 g/mol. The van der Waals surface area contributed by atoms with Crippen LogP contribution in [0.2, 0.25) is 0 Å². The van der Waals surface area contributed by atoms with E-state index in [2.05, 4.69) is 21.0 Å². The summed E-state index contributed by atoms with van der Waals surface area (Å²) in [6.07, 6.45) is 5.63. The van der Waals surface area contributed by atoms with E-state index in [4.69, 9.17) is 15.5 Å². The summed E-state index contributed by atoms with van der Waals surface area (Å²) < 4.78 is 0. The van der Waals surface area contributed by atoms with Crippen molar-refractivity contribution >= 4 is 11.0 Å². The van der Waals surface area contributed by atoms with Crippen molar-refractivity contribution in [3.8, 4) is 28.7 Å². The molecule has 7 heteroatoms. The van der Waals surface area contributed by atoms with Crippen molar-refractivity contribution in [1.82, 2.24) is 29.9 Å². The molecule has 0 radical (unpaired) electrons. The number of aryl methyl sites for hydroxylation is 1. The second kappa shape index (κ2) is 7.15. The normalized spacial score (nSPS) is 10.9. The van der Waals surface area contributed by atoms with Crippen LogP contribution in [0.1, 0.15) is 19.3 Å². The molecule has 0 aliphatic heterocycles. The van der Waals surface area contributed by atoms with Crippen molar-refractivity contribution < 1.29 is 0 Å². The number of aromatic nitrogens is 6. The van der Waals surface area contributed by atoms with Gasteiger partial charge in [0.1, 0.15) is 29.1 Å². The van der Waals surface area contributed by atoms with Gasteiger partial charge in [0.05, 0.1) is 12.6 Å². The minimum absolute atomic E-state index is 0.551. The molecule has 0 bridgehead atoms. The van der Waals surface area contributed by atoms with Crippen LogP contribution >= 0.6 is 0 Å². The van der Waals surface area contributed by atoms with Crippen LogP contribution in [0.4, 0.5) is 0 Å². The lowest BCUT2D eigenvalue weighted by atomic mass is 10.1. The third-order valence-corrected chi connectivity index (χ3v) is 4.18. The highest BCUT2D eigenvalue weighted by Crippen LogP contribution is 2.31. The van der Waals surface area contributed by atoms with Gasteiger partial charge in [0, 0.05) is 23.6 Å². The first-order valence-corrected chi connectivity index (χ1v) is 8.53. The quantitative estimate of drug-likeness (QED) is 0.540. The van der Waals surface area contributed by atoms with Crippen LogP contribution in [0, 0.1) is 11.3 Å². The number of hydrogen-bond acceptors (Lipinski definition) is 5. The van der Waals surface area contributed by atoms with Gasteiger partial charge in [0.2, 0.25) is 0 Å². The van der Waals surface area contributed by atoms with E-state index in [1.165, 1.54) is 6.33 Å². The molecular weight excluding hydrogens is 326 g/mol. The van der Waals surface area contributed by atoms with Crippen molar-refractivity contribution in [3.63, 3.8) is 0 Å². The van der Waals surface area contributed by atoms with E-state index in [0.717, 1.165) is 46.5 Å². The van der Waals surface area contributed by atoms with Crippen LogP contribution in [0.5, 0.6) is 0 Å². The Kier molecular flexibility index (Phi) is 4.39. The summed E-state index contributed by atoms with van der Waals surface area (Å²) in [6, 6.07) is 14.1. The number of fused-ring (bicyclic) bond motifs is 1. The van der Waals surface area contributed by atoms with Crippen LogP contribution < -0.4 is 0 Å². The molecule has 0 atom stereocenters. The van der Waals surface area contributed by atoms with E-state index in [0.29, 0.717) is 13.0 Å². The number of benzene rings is 1. The molecule has 0 amide bonds. The Morgan fingerprint density at radius 3 is 2.65 bits per heavy atom. The molecule has 0 aliphatic carbocycles. The zero-order valence-corrected chi connectivity index (χ0v) is 14.1. The van der Waals surface area contributed by atoms with Crippen molar-refractivity contribution in [3.05, 3.63) is 48.9 Å². The fourth-order valence-electron chi connectivity index (χ4n) is 2.92. The molecule has 0 unspecified atom stereocenters. The van der Waals surface area contributed by atoms with Crippen LogP contribution in [0.25, 0.3) is 33.7 Å². The topological polar surface area (TPSA) is 96.1 Å². The molecule has 1 N–H and O–H groups in total. The lowest BCUT2D eigenvalue weighted by Gasteiger charge is -2.01. The Morgan fingerprint density at radius 1 is 0.962 bits per heavy atom. The first-order valence-electron chi connectivity index (χ1n) is 8.53. The van der Waals surface area contributed by atoms with E-state index >= 15 is 0 Å². The van der Waals surface area contributed by atoms with Crippen LogP contribution in [0.15, 0.2) is 48.9 Å². The molecule has 3 aromatic heterocycles. The predicted molar refractivity (Wildman–Crippen MR) is 97.8 cm³/mol. The molecule has 0 saturated heterocycles. The molecule has 3 heterocycles. The lowest BCUT2D eigenvalue weighted by molar-refractivity contribution is 0.503. The van der Waals surface area contributed by atoms with Gasteiger partial charge in [0.15, 0.2) is 0 Å². The summed E-state index contributed by atoms with van der Waals surface area (Å²) in [7, 11) is 0. The van der Waals surface area contributed by atoms with Gasteiger partial charge in [-0.3, -0.25) is 0 Å². The van der Waals surface area contributed by atoms with E-state index in [1.807, 2.05) is 42.6 Å². The van der Waals surface area contributed by atoms with E-state index in [1.54, 1.807) is 4.80 Å². The first kappa shape index (κ1) is 16.0. The van der Waals surface area contributed by atoms with Gasteiger partial charge in [-0.2, -0.15) is 20.3 Å². The second-order valence-corrected chi connectivity index (χ2v) is 5.94. The first-order chi connectivity index (χ1) is 12.9. The highest BCUT2D eigenvalue weighted by atomic mass is 15.5. The van der Waals surface area contributed by atoms with Gasteiger partial charge in [-0.15, -0.1) is 0 Å². The molecular formula is C19H17N7. The van der Waals surface area contributed by atoms with E-state index < -0.39 is 0 Å². The molecule has 0 fully saturated rings. The Balaban J connectivity index is 1.78. The molecule has 7 nitrogen and oxygen atoms in total. The molecule has 1 aromatic carbocycles. The third kappa shape index (κ3) is 3.05. The Bertz CT molecular complexity index is 1060. The van der Waals surface area contributed by atoms with Crippen molar-refractivity contribution in [2.45, 2.75) is 25.8 Å².